The summed E-state index contributed by atoms with van der Waals surface area (Å²) in [4.78, 5) is 0. The predicted octanol–water partition coefficient (Wildman–Crippen LogP) is 28.6. The Balaban J connectivity index is 0.000000250. The lowest BCUT2D eigenvalue weighted by atomic mass is 9.69. The third-order valence-electron chi connectivity index (χ3n) is 30.3. The molecule has 8 aromatic rings. The van der Waals surface area contributed by atoms with Crippen LogP contribution >= 0.6 is 0 Å². The van der Waals surface area contributed by atoms with Crippen molar-refractivity contribution in [1.29, 1.82) is 0 Å². The Kier molecular flexibility index (Phi) is 28.4. The zero-order valence-electron chi connectivity index (χ0n) is 81.4. The molecule has 0 amide bonds. The summed E-state index contributed by atoms with van der Waals surface area (Å²) in [6.07, 6.45) is 7.64. The monoisotopic (exact) mass is 1660 g/mol. The van der Waals surface area contributed by atoms with Gasteiger partial charge in [-0.2, -0.15) is 0 Å². The zero-order valence-corrected chi connectivity index (χ0v) is 85.4. The molecule has 2 aromatic heterocycles. The first-order valence-corrected chi connectivity index (χ1v) is 55.5. The van der Waals surface area contributed by atoms with E-state index in [2.05, 4.69) is 375 Å². The summed E-state index contributed by atoms with van der Waals surface area (Å²) in [5, 5.41) is 11.5. The fourth-order valence-corrected chi connectivity index (χ4v) is 53.1. The molecule has 2 atom stereocenters. The number of hydrogen-bond donors (Lipinski definition) is 0. The molecule has 0 bridgehead atoms. The van der Waals surface area contributed by atoms with E-state index in [4.69, 9.17) is 28.3 Å². The van der Waals surface area contributed by atoms with Gasteiger partial charge in [0.15, 0.2) is 12.6 Å². The molecule has 3 saturated heterocycles. The van der Waals surface area contributed by atoms with E-state index in [1.807, 2.05) is 0 Å². The van der Waals surface area contributed by atoms with Crippen LogP contribution in [0, 0.1) is 10.8 Å². The van der Waals surface area contributed by atoms with Crippen LogP contribution in [0.1, 0.15) is 326 Å². The number of ether oxygens (including phenoxy) is 4. The van der Waals surface area contributed by atoms with E-state index in [0.717, 1.165) is 86.3 Å². The van der Waals surface area contributed by atoms with Crippen molar-refractivity contribution in [2.45, 2.75) is 416 Å². The van der Waals surface area contributed by atoms with E-state index in [1.54, 1.807) is 20.7 Å². The van der Waals surface area contributed by atoms with Crippen LogP contribution in [-0.4, -0.2) is 85.5 Å². The van der Waals surface area contributed by atoms with E-state index in [0.29, 0.717) is 73.1 Å². The van der Waals surface area contributed by atoms with Crippen LogP contribution in [0.2, 0.25) is 66.5 Å². The summed E-state index contributed by atoms with van der Waals surface area (Å²) in [6.45, 7) is 93.7. The van der Waals surface area contributed by atoms with Crippen LogP contribution < -0.4 is 35.7 Å². The molecule has 6 aromatic carbocycles. The Bertz CT molecular complexity index is 4460. The van der Waals surface area contributed by atoms with Gasteiger partial charge in [0.1, 0.15) is 11.5 Å². The smallest absolute Gasteiger partial charge is 0.463 e. The van der Waals surface area contributed by atoms with Crippen molar-refractivity contribution in [2.75, 3.05) is 13.2 Å². The Morgan fingerprint density at radius 2 is 0.650 bits per heavy atom. The highest BCUT2D eigenvalue weighted by molar-refractivity contribution is 6.97. The van der Waals surface area contributed by atoms with E-state index in [9.17, 15) is 0 Å². The second kappa shape index (κ2) is 35.1. The topological polar surface area (TPSA) is 65.2 Å². The van der Waals surface area contributed by atoms with Crippen LogP contribution in [0.3, 0.4) is 0 Å². The molecule has 3 aliphatic rings. The maximum Gasteiger partial charge on any atom is 0.498 e. The molecule has 3 fully saturated rings. The lowest BCUT2D eigenvalue weighted by Gasteiger charge is -2.43. The minimum Gasteiger partial charge on any atom is -0.463 e. The summed E-state index contributed by atoms with van der Waals surface area (Å²) < 4.78 is 46.4. The first kappa shape index (κ1) is 94.5. The van der Waals surface area contributed by atoms with Gasteiger partial charge in [0.05, 0.1) is 90.2 Å². The summed E-state index contributed by atoms with van der Waals surface area (Å²) in [6, 6.07) is 42.5. The highest BCUT2D eigenvalue weighted by Gasteiger charge is 2.55. The molecule has 2 unspecified atom stereocenters. The molecule has 0 saturated carbocycles. The van der Waals surface area contributed by atoms with Crippen molar-refractivity contribution in [3.63, 3.8) is 0 Å². The van der Waals surface area contributed by atoms with Crippen molar-refractivity contribution in [1.82, 2.24) is 9.13 Å². The standard InChI is InChI=1S/C55H88BNO4Si2.C49H77NO2Si2/c1-35(2)62(36(3)4,37(5)6)42-25-27-44-45-28-26-43(63(38(7)8,39(9)10)40(11)12)33-48(45)57(47(44)32-42)49-31-41(53(16,17)34-52(13,14)15)30-46(51(49)59-50-24-22-23-29-58-50)56-60-54(18,19)55(20,21)61-56;1-32(2)53(33(3)4,34(5)6)39-22-24-41-42-25-23-40(54(35(7)8,36(9)10)37(11)12)30-44(42)50(43(41)29-39)45-28-38(49(16,17)31-48(13,14)15)21-26-46(45)52-47-20-18-19-27-51-47/h25-28,30-33,35-40,50H,22-24,29,34H2,1-21H3;21-26,28-30,32-37,47H,18-20,27,31H2,1-17H3. The van der Waals surface area contributed by atoms with Gasteiger partial charge in [0, 0.05) is 39.8 Å². The van der Waals surface area contributed by atoms with Crippen LogP contribution in [0.25, 0.3) is 55.0 Å². The van der Waals surface area contributed by atoms with Gasteiger partial charge < -0.3 is 37.4 Å². The van der Waals surface area contributed by atoms with Gasteiger partial charge in [0.2, 0.25) is 0 Å². The number of nitrogens with zero attached hydrogens (tertiary/aromatic N) is 2. The lowest BCUT2D eigenvalue weighted by Crippen LogP contribution is -2.55. The van der Waals surface area contributed by atoms with Gasteiger partial charge in [-0.15, -0.1) is 0 Å². The van der Waals surface area contributed by atoms with Crippen LogP contribution in [-0.2, 0) is 29.6 Å². The Morgan fingerprint density at radius 1 is 0.359 bits per heavy atom. The summed E-state index contributed by atoms with van der Waals surface area (Å²) >= 11 is 0. The molecular weight excluding hydrogens is 1500 g/mol. The van der Waals surface area contributed by atoms with Crippen molar-refractivity contribution in [3.8, 4) is 22.9 Å². The minimum atomic E-state index is -2.06. The molecule has 13 heteroatoms. The molecule has 11 rings (SSSR count). The highest BCUT2D eigenvalue weighted by Crippen LogP contribution is 2.51. The van der Waals surface area contributed by atoms with Crippen molar-refractivity contribution in [3.05, 3.63) is 114 Å². The Hall–Kier alpha value is -4.71. The first-order chi connectivity index (χ1) is 54.1. The van der Waals surface area contributed by atoms with E-state index in [-0.39, 0.29) is 34.2 Å². The fraction of sp³-hybridized carbons (Fsp3) is 0.654. The van der Waals surface area contributed by atoms with E-state index in [1.165, 1.54) is 54.7 Å². The average molecular weight is 1660 g/mol. The molecule has 0 radical (unpaired) electrons. The average Bonchev–Trinajstić information content (AvgIpc) is 1.59. The van der Waals surface area contributed by atoms with E-state index >= 15 is 0 Å². The predicted molar refractivity (Wildman–Crippen MR) is 523 cm³/mol. The zero-order chi connectivity index (χ0) is 87.1. The van der Waals surface area contributed by atoms with Gasteiger partial charge in [-0.1, -0.05) is 317 Å². The minimum absolute atomic E-state index is 0.0219. The first-order valence-electron chi connectivity index (χ1n) is 46.6. The molecule has 3 aliphatic heterocycles. The number of hydrogen-bond acceptors (Lipinski definition) is 6. The Labute approximate surface area is 718 Å². The third kappa shape index (κ3) is 17.5. The second-order valence-electron chi connectivity index (χ2n) is 45.4. The molecule has 117 heavy (non-hydrogen) atoms. The van der Waals surface area contributed by atoms with Gasteiger partial charge in [0.25, 0.3) is 0 Å². The van der Waals surface area contributed by atoms with Crippen LogP contribution in [0.5, 0.6) is 11.5 Å². The maximum atomic E-state index is 7.40. The number of fused-ring (bicyclic) bond motifs is 6. The number of benzene rings is 6. The third-order valence-corrected chi connectivity index (χ3v) is 58.5. The van der Waals surface area contributed by atoms with Gasteiger partial charge in [-0.3, -0.25) is 0 Å². The van der Waals surface area contributed by atoms with Crippen molar-refractivity contribution < 1.29 is 28.3 Å². The van der Waals surface area contributed by atoms with Gasteiger partial charge >= 0.3 is 7.12 Å². The van der Waals surface area contributed by atoms with Crippen molar-refractivity contribution >= 4 is 109 Å². The highest BCUT2D eigenvalue weighted by atomic mass is 28.3. The molecule has 646 valence electrons. The number of aromatic nitrogens is 2. The maximum absolute atomic E-state index is 7.40. The SMILES string of the molecule is CC(C)[Si](c1ccc2c3ccc([Si](C(C)C)(C(C)C)C(C)C)cc3n(-c3cc(C(C)(C)CC(C)(C)C)cc(B4OC(C)(C)C(C)(C)O4)c3OC3CCCCO3)c2c1)(C(C)C)C(C)C.CC(C)[Si](c1ccc2c3ccc([Si](C(C)C)(C(C)C)C(C)C)cc3n(-c3cc(C(C)(C)CC(C)(C)C)ccc3OC3CCCCO3)c2c1)(C(C)C)C(C)C. The summed E-state index contributed by atoms with van der Waals surface area (Å²) in [5.41, 5.74) is 17.2. The molecule has 0 spiro atoms. The summed E-state index contributed by atoms with van der Waals surface area (Å²) in [7, 11) is -8.64. The molecule has 0 N–H and O–H groups in total. The van der Waals surface area contributed by atoms with Crippen LogP contribution in [0.4, 0.5) is 0 Å². The molecule has 8 nitrogen and oxygen atoms in total. The number of rotatable bonds is 27. The van der Waals surface area contributed by atoms with E-state index < -0.39 is 50.6 Å². The largest absolute Gasteiger partial charge is 0.498 e. The van der Waals surface area contributed by atoms with Crippen LogP contribution in [0.15, 0.2) is 103 Å². The normalized spacial score (nSPS) is 18.0. The molecule has 5 heterocycles. The Morgan fingerprint density at radius 3 is 0.940 bits per heavy atom. The van der Waals surface area contributed by atoms with Gasteiger partial charge in [-0.05, 0) is 208 Å². The fourth-order valence-electron chi connectivity index (χ4n) is 26.0. The second-order valence-corrected chi connectivity index (χ2v) is 69.1. The van der Waals surface area contributed by atoms with Gasteiger partial charge in [-0.25, -0.2) is 0 Å². The quantitative estimate of drug-likeness (QED) is 0.0478. The lowest BCUT2D eigenvalue weighted by molar-refractivity contribution is -0.106. The summed E-state index contributed by atoms with van der Waals surface area (Å²) in [5.74, 6) is 1.73. The molecular formula is C104H165BN2O6Si4. The molecule has 0 aliphatic carbocycles. The van der Waals surface area contributed by atoms with Crippen molar-refractivity contribution in [2.24, 2.45) is 10.8 Å².